The van der Waals surface area contributed by atoms with Crippen molar-refractivity contribution < 1.29 is 19.1 Å². The molecular formula is C15H22N2O4. The van der Waals surface area contributed by atoms with Crippen LogP contribution in [0.1, 0.15) is 42.5 Å². The Labute approximate surface area is 124 Å². The maximum atomic E-state index is 12.2. The lowest BCUT2D eigenvalue weighted by Gasteiger charge is -2.37. The highest BCUT2D eigenvalue weighted by Gasteiger charge is 2.27. The molecule has 2 rings (SSSR count). The van der Waals surface area contributed by atoms with Crippen molar-refractivity contribution in [1.29, 1.82) is 0 Å². The summed E-state index contributed by atoms with van der Waals surface area (Å²) < 4.78 is 4.84. The first-order valence-corrected chi connectivity index (χ1v) is 7.43. The van der Waals surface area contributed by atoms with Crippen molar-refractivity contribution in [3.05, 3.63) is 24.2 Å². The van der Waals surface area contributed by atoms with E-state index in [0.29, 0.717) is 31.1 Å². The van der Waals surface area contributed by atoms with Crippen molar-refractivity contribution in [1.82, 2.24) is 10.2 Å². The minimum absolute atomic E-state index is 0.0423. The second kappa shape index (κ2) is 7.83. The Morgan fingerprint density at radius 3 is 2.81 bits per heavy atom. The fourth-order valence-corrected chi connectivity index (χ4v) is 2.37. The summed E-state index contributed by atoms with van der Waals surface area (Å²) in [6, 6.07) is 1.90. The SMILES string of the molecule is O=C(NCCC(=O)N(CCCO)C1CCC1)c1ccoc1. The number of carbonyl (C=O) groups excluding carboxylic acids is 2. The van der Waals surface area contributed by atoms with E-state index in [2.05, 4.69) is 5.32 Å². The molecule has 0 unspecified atom stereocenters. The van der Waals surface area contributed by atoms with Crippen LogP contribution in [0.15, 0.2) is 23.0 Å². The Balaban J connectivity index is 1.74. The van der Waals surface area contributed by atoms with Crippen LogP contribution < -0.4 is 5.32 Å². The van der Waals surface area contributed by atoms with Gasteiger partial charge in [0.05, 0.1) is 11.8 Å². The average Bonchev–Trinajstić information content (AvgIpc) is 2.95. The Morgan fingerprint density at radius 2 is 2.24 bits per heavy atom. The van der Waals surface area contributed by atoms with Gasteiger partial charge in [-0.3, -0.25) is 9.59 Å². The first-order valence-electron chi connectivity index (χ1n) is 7.43. The van der Waals surface area contributed by atoms with Gasteiger partial charge in [0, 0.05) is 32.2 Å². The van der Waals surface area contributed by atoms with Crippen LogP contribution in [-0.2, 0) is 4.79 Å². The molecule has 1 aliphatic rings. The number of hydrogen-bond donors (Lipinski definition) is 2. The zero-order chi connectivity index (χ0) is 15.1. The molecule has 1 aromatic rings. The van der Waals surface area contributed by atoms with E-state index >= 15 is 0 Å². The number of aliphatic hydroxyl groups excluding tert-OH is 1. The van der Waals surface area contributed by atoms with E-state index in [1.54, 1.807) is 6.07 Å². The molecule has 21 heavy (non-hydrogen) atoms. The number of nitrogens with zero attached hydrogens (tertiary/aromatic N) is 1. The Hall–Kier alpha value is -1.82. The summed E-state index contributed by atoms with van der Waals surface area (Å²) in [5.41, 5.74) is 0.457. The van der Waals surface area contributed by atoms with Gasteiger partial charge in [0.2, 0.25) is 5.91 Å². The summed E-state index contributed by atoms with van der Waals surface area (Å²) in [6.07, 6.45) is 6.93. The van der Waals surface area contributed by atoms with E-state index < -0.39 is 0 Å². The molecule has 6 nitrogen and oxygen atoms in total. The number of hydrogen-bond acceptors (Lipinski definition) is 4. The van der Waals surface area contributed by atoms with Crippen molar-refractivity contribution in [2.45, 2.75) is 38.1 Å². The topological polar surface area (TPSA) is 82.8 Å². The first kappa shape index (κ1) is 15.6. The van der Waals surface area contributed by atoms with Gasteiger partial charge in [0.1, 0.15) is 6.26 Å². The fraction of sp³-hybridized carbons (Fsp3) is 0.600. The van der Waals surface area contributed by atoms with Gasteiger partial charge in [-0.15, -0.1) is 0 Å². The monoisotopic (exact) mass is 294 g/mol. The van der Waals surface area contributed by atoms with Gasteiger partial charge in [-0.2, -0.15) is 0 Å². The molecule has 6 heteroatoms. The highest BCUT2D eigenvalue weighted by molar-refractivity contribution is 5.94. The lowest BCUT2D eigenvalue weighted by molar-refractivity contribution is -0.135. The molecule has 0 aromatic carbocycles. The summed E-state index contributed by atoms with van der Waals surface area (Å²) in [4.78, 5) is 25.8. The van der Waals surface area contributed by atoms with E-state index in [-0.39, 0.29) is 24.8 Å². The maximum absolute atomic E-state index is 12.2. The van der Waals surface area contributed by atoms with Gasteiger partial charge < -0.3 is 19.7 Å². The summed E-state index contributed by atoms with van der Waals surface area (Å²) >= 11 is 0. The second-order valence-corrected chi connectivity index (χ2v) is 5.27. The summed E-state index contributed by atoms with van der Waals surface area (Å²) in [5.74, 6) is -0.192. The van der Waals surface area contributed by atoms with E-state index in [1.807, 2.05) is 4.90 Å². The van der Waals surface area contributed by atoms with E-state index in [1.165, 1.54) is 12.5 Å². The fourth-order valence-electron chi connectivity index (χ4n) is 2.37. The van der Waals surface area contributed by atoms with Gasteiger partial charge in [-0.05, 0) is 31.7 Å². The Bertz CT molecular complexity index is 454. The third kappa shape index (κ3) is 4.32. The van der Waals surface area contributed by atoms with Gasteiger partial charge in [0.25, 0.3) is 5.91 Å². The molecule has 0 spiro atoms. The number of nitrogens with one attached hydrogen (secondary N) is 1. The Morgan fingerprint density at radius 1 is 1.43 bits per heavy atom. The molecule has 2 N–H and O–H groups in total. The predicted octanol–water partition coefficient (Wildman–Crippen LogP) is 1.16. The van der Waals surface area contributed by atoms with Crippen LogP contribution in [0.3, 0.4) is 0 Å². The number of amides is 2. The standard InChI is InChI=1S/C15H22N2O4/c18-9-2-8-17(13-3-1-4-13)14(19)5-7-16-15(20)12-6-10-21-11-12/h6,10-11,13,18H,1-5,7-9H2,(H,16,20). The largest absolute Gasteiger partial charge is 0.472 e. The zero-order valence-electron chi connectivity index (χ0n) is 12.1. The molecule has 2 amide bonds. The molecule has 0 saturated heterocycles. The van der Waals surface area contributed by atoms with E-state index in [0.717, 1.165) is 19.3 Å². The molecule has 1 aliphatic carbocycles. The van der Waals surface area contributed by atoms with Gasteiger partial charge in [-0.1, -0.05) is 0 Å². The number of furan rings is 1. The van der Waals surface area contributed by atoms with E-state index in [4.69, 9.17) is 9.52 Å². The normalized spacial score (nSPS) is 14.5. The maximum Gasteiger partial charge on any atom is 0.254 e. The Kier molecular flexibility index (Phi) is 5.80. The van der Waals surface area contributed by atoms with Crippen LogP contribution in [0.25, 0.3) is 0 Å². The highest BCUT2D eigenvalue weighted by atomic mass is 16.3. The molecule has 1 fully saturated rings. The summed E-state index contributed by atoms with van der Waals surface area (Å²) in [5, 5.41) is 11.6. The number of aliphatic hydroxyl groups is 1. The van der Waals surface area contributed by atoms with Crippen LogP contribution in [-0.4, -0.2) is 47.6 Å². The lowest BCUT2D eigenvalue weighted by Crippen LogP contribution is -2.45. The molecule has 1 aromatic heterocycles. The van der Waals surface area contributed by atoms with Crippen molar-refractivity contribution in [2.75, 3.05) is 19.7 Å². The number of rotatable bonds is 8. The zero-order valence-corrected chi connectivity index (χ0v) is 12.1. The first-order chi connectivity index (χ1) is 10.2. The third-order valence-electron chi connectivity index (χ3n) is 3.80. The molecule has 1 heterocycles. The quantitative estimate of drug-likeness (QED) is 0.754. The lowest BCUT2D eigenvalue weighted by atomic mass is 9.91. The summed E-state index contributed by atoms with van der Waals surface area (Å²) in [7, 11) is 0. The molecule has 116 valence electrons. The molecule has 0 bridgehead atoms. The van der Waals surface area contributed by atoms with Crippen LogP contribution in [0.2, 0.25) is 0 Å². The van der Waals surface area contributed by atoms with Crippen LogP contribution in [0.5, 0.6) is 0 Å². The van der Waals surface area contributed by atoms with Gasteiger partial charge in [-0.25, -0.2) is 0 Å². The second-order valence-electron chi connectivity index (χ2n) is 5.27. The van der Waals surface area contributed by atoms with Gasteiger partial charge >= 0.3 is 0 Å². The van der Waals surface area contributed by atoms with Crippen molar-refractivity contribution in [2.24, 2.45) is 0 Å². The molecule has 1 saturated carbocycles. The molecule has 0 atom stereocenters. The minimum atomic E-state index is -0.234. The number of carbonyl (C=O) groups is 2. The van der Waals surface area contributed by atoms with Crippen LogP contribution in [0.4, 0.5) is 0 Å². The summed E-state index contributed by atoms with van der Waals surface area (Å²) in [6.45, 7) is 0.995. The van der Waals surface area contributed by atoms with Crippen LogP contribution in [0, 0.1) is 0 Å². The molecule has 0 radical (unpaired) electrons. The third-order valence-corrected chi connectivity index (χ3v) is 3.80. The van der Waals surface area contributed by atoms with Crippen molar-refractivity contribution in [3.8, 4) is 0 Å². The van der Waals surface area contributed by atoms with E-state index in [9.17, 15) is 9.59 Å². The molecular weight excluding hydrogens is 272 g/mol. The predicted molar refractivity (Wildman–Crippen MR) is 76.7 cm³/mol. The van der Waals surface area contributed by atoms with Crippen molar-refractivity contribution >= 4 is 11.8 Å². The van der Waals surface area contributed by atoms with Crippen LogP contribution >= 0.6 is 0 Å². The average molecular weight is 294 g/mol. The highest BCUT2D eigenvalue weighted by Crippen LogP contribution is 2.25. The van der Waals surface area contributed by atoms with Gasteiger partial charge in [0.15, 0.2) is 0 Å². The smallest absolute Gasteiger partial charge is 0.254 e. The van der Waals surface area contributed by atoms with Crippen molar-refractivity contribution in [3.63, 3.8) is 0 Å². The molecule has 0 aliphatic heterocycles. The minimum Gasteiger partial charge on any atom is -0.472 e.